The normalized spacial score (nSPS) is 41.9. The molecule has 13 heavy (non-hydrogen) atoms. The van der Waals surface area contributed by atoms with Crippen LogP contribution in [0, 0.1) is 11.8 Å². The van der Waals surface area contributed by atoms with E-state index in [1.165, 1.54) is 0 Å². The summed E-state index contributed by atoms with van der Waals surface area (Å²) in [5.74, 6) is -1.10. The van der Waals surface area contributed by atoms with Crippen LogP contribution in [0.2, 0.25) is 0 Å². The fourth-order valence-electron chi connectivity index (χ4n) is 1.99. The van der Waals surface area contributed by atoms with Gasteiger partial charge in [0.1, 0.15) is 0 Å². The Hall–Kier alpha value is -1.09. The quantitative estimate of drug-likeness (QED) is 0.659. The first kappa shape index (κ1) is 8.51. The molecule has 70 valence electrons. The van der Waals surface area contributed by atoms with E-state index >= 15 is 0 Å². The van der Waals surface area contributed by atoms with Crippen molar-refractivity contribution < 1.29 is 14.6 Å². The first-order valence-electron chi connectivity index (χ1n) is 4.43. The minimum absolute atomic E-state index is 0.0406. The van der Waals surface area contributed by atoms with Crippen LogP contribution in [-0.4, -0.2) is 23.3 Å². The fraction of sp³-hybridized carbons (Fsp3) is 0.500. The maximum atomic E-state index is 10.9. The summed E-state index contributed by atoms with van der Waals surface area (Å²) in [6, 6.07) is 0. The van der Waals surface area contributed by atoms with Crippen molar-refractivity contribution in [1.82, 2.24) is 0 Å². The van der Waals surface area contributed by atoms with Crippen molar-refractivity contribution in [2.75, 3.05) is 0 Å². The molecule has 2 bridgehead atoms. The highest BCUT2D eigenvalue weighted by Gasteiger charge is 2.44. The van der Waals surface area contributed by atoms with E-state index in [2.05, 4.69) is 0 Å². The van der Waals surface area contributed by atoms with Crippen LogP contribution in [0.1, 0.15) is 6.92 Å². The highest BCUT2D eigenvalue weighted by Crippen LogP contribution is 2.35. The Morgan fingerprint density at radius 1 is 1.31 bits per heavy atom. The third-order valence-corrected chi connectivity index (χ3v) is 2.75. The second-order valence-electron chi connectivity index (χ2n) is 3.56. The molecule has 3 nitrogen and oxygen atoms in total. The van der Waals surface area contributed by atoms with Gasteiger partial charge in [-0.05, 0) is 0 Å². The Morgan fingerprint density at radius 3 is 2.54 bits per heavy atom. The van der Waals surface area contributed by atoms with Crippen LogP contribution in [0.15, 0.2) is 24.3 Å². The second kappa shape index (κ2) is 3.00. The van der Waals surface area contributed by atoms with Gasteiger partial charge in [-0.1, -0.05) is 31.2 Å². The molecule has 0 unspecified atom stereocenters. The van der Waals surface area contributed by atoms with Crippen molar-refractivity contribution in [3.05, 3.63) is 24.3 Å². The van der Waals surface area contributed by atoms with Crippen molar-refractivity contribution in [3.63, 3.8) is 0 Å². The lowest BCUT2D eigenvalue weighted by Gasteiger charge is -2.13. The van der Waals surface area contributed by atoms with Crippen LogP contribution >= 0.6 is 0 Å². The minimum Gasteiger partial charge on any atom is -0.481 e. The van der Waals surface area contributed by atoms with E-state index in [4.69, 9.17) is 9.84 Å². The number of carbonyl (C=O) groups is 1. The minimum atomic E-state index is -0.764. The standard InChI is InChI=1S/C10H12O3/c1-6-7-4-2-3-5-8(13-7)9(6)10(11)12/h2-9H,1H3,(H,11,12)/t6-,7-,8+,9-/m1/s1. The molecule has 1 N–H and O–H groups in total. The second-order valence-corrected chi connectivity index (χ2v) is 3.56. The van der Waals surface area contributed by atoms with Gasteiger partial charge in [0.05, 0.1) is 18.1 Å². The zero-order chi connectivity index (χ0) is 9.42. The molecule has 2 aliphatic rings. The predicted octanol–water partition coefficient (Wildman–Crippen LogP) is 1.22. The number of aliphatic carboxylic acids is 1. The zero-order valence-electron chi connectivity index (χ0n) is 7.38. The van der Waals surface area contributed by atoms with E-state index in [1.54, 1.807) is 0 Å². The number of hydrogen-bond donors (Lipinski definition) is 1. The number of fused-ring (bicyclic) bond motifs is 2. The lowest BCUT2D eigenvalue weighted by atomic mass is 9.87. The van der Waals surface area contributed by atoms with Crippen molar-refractivity contribution in [3.8, 4) is 0 Å². The van der Waals surface area contributed by atoms with E-state index in [1.807, 2.05) is 31.2 Å². The van der Waals surface area contributed by atoms with Crippen molar-refractivity contribution in [1.29, 1.82) is 0 Å². The van der Waals surface area contributed by atoms with Crippen LogP contribution in [0.3, 0.4) is 0 Å². The van der Waals surface area contributed by atoms with Crippen molar-refractivity contribution in [2.45, 2.75) is 19.1 Å². The lowest BCUT2D eigenvalue weighted by Crippen LogP contribution is -2.27. The first-order valence-corrected chi connectivity index (χ1v) is 4.43. The monoisotopic (exact) mass is 180 g/mol. The van der Waals surface area contributed by atoms with Gasteiger partial charge < -0.3 is 9.84 Å². The number of allylic oxidation sites excluding steroid dienone is 2. The highest BCUT2D eigenvalue weighted by molar-refractivity contribution is 5.72. The number of ether oxygens (including phenoxy) is 1. The molecule has 0 aliphatic carbocycles. The summed E-state index contributed by atoms with van der Waals surface area (Å²) in [5, 5.41) is 8.98. The van der Waals surface area contributed by atoms with Crippen molar-refractivity contribution in [2.24, 2.45) is 11.8 Å². The summed E-state index contributed by atoms with van der Waals surface area (Å²) in [5.41, 5.74) is 0. The molecule has 0 amide bonds. The lowest BCUT2D eigenvalue weighted by molar-refractivity contribution is -0.143. The third kappa shape index (κ3) is 1.29. The average molecular weight is 180 g/mol. The summed E-state index contributed by atoms with van der Waals surface area (Å²) in [7, 11) is 0. The summed E-state index contributed by atoms with van der Waals surface area (Å²) < 4.78 is 5.55. The van der Waals surface area contributed by atoms with Crippen LogP contribution in [-0.2, 0) is 9.53 Å². The molecule has 0 saturated carbocycles. The summed E-state index contributed by atoms with van der Waals surface area (Å²) in [6.07, 6.45) is 7.21. The molecule has 2 heterocycles. The Kier molecular flexibility index (Phi) is 1.96. The Balaban J connectivity index is 2.28. The zero-order valence-corrected chi connectivity index (χ0v) is 7.38. The van der Waals surface area contributed by atoms with Gasteiger partial charge in [-0.3, -0.25) is 4.79 Å². The van der Waals surface area contributed by atoms with Gasteiger partial charge in [-0.15, -0.1) is 0 Å². The van der Waals surface area contributed by atoms with Gasteiger partial charge in [0.15, 0.2) is 0 Å². The van der Waals surface area contributed by atoms with Crippen LogP contribution in [0.5, 0.6) is 0 Å². The van der Waals surface area contributed by atoms with Crippen LogP contribution in [0.4, 0.5) is 0 Å². The van der Waals surface area contributed by atoms with Gasteiger partial charge in [-0.2, -0.15) is 0 Å². The van der Waals surface area contributed by atoms with E-state index in [-0.39, 0.29) is 18.1 Å². The maximum absolute atomic E-state index is 10.9. The molecule has 0 radical (unpaired) electrons. The summed E-state index contributed by atoms with van der Waals surface area (Å²) >= 11 is 0. The van der Waals surface area contributed by atoms with Crippen molar-refractivity contribution >= 4 is 5.97 Å². The number of rotatable bonds is 1. The van der Waals surface area contributed by atoms with E-state index in [9.17, 15) is 4.79 Å². The number of carboxylic acid groups (broad SMARTS) is 1. The van der Waals surface area contributed by atoms with Gasteiger partial charge >= 0.3 is 5.97 Å². The topological polar surface area (TPSA) is 46.5 Å². The molecule has 0 aromatic heterocycles. The SMILES string of the molecule is C[C@H]1[C@@H](C(=O)O)[C@@H]2C=CC=C[C@H]1O2. The molecule has 1 saturated heterocycles. The first-order chi connectivity index (χ1) is 6.20. The largest absolute Gasteiger partial charge is 0.481 e. The molecular formula is C10H12O3. The Labute approximate surface area is 76.7 Å². The third-order valence-electron chi connectivity index (χ3n) is 2.75. The van der Waals surface area contributed by atoms with E-state index in [0.717, 1.165) is 0 Å². The van der Waals surface area contributed by atoms with E-state index in [0.29, 0.717) is 0 Å². The molecule has 4 atom stereocenters. The highest BCUT2D eigenvalue weighted by atomic mass is 16.5. The molecule has 1 fully saturated rings. The molecule has 0 aromatic rings. The Bertz CT molecular complexity index is 280. The molecule has 2 rings (SSSR count). The maximum Gasteiger partial charge on any atom is 0.309 e. The Morgan fingerprint density at radius 2 is 1.92 bits per heavy atom. The molecule has 0 spiro atoms. The molecule has 2 aliphatic heterocycles. The number of carboxylic acids is 1. The van der Waals surface area contributed by atoms with Gasteiger partial charge in [0.2, 0.25) is 0 Å². The van der Waals surface area contributed by atoms with E-state index < -0.39 is 11.9 Å². The fourth-order valence-corrected chi connectivity index (χ4v) is 1.99. The van der Waals surface area contributed by atoms with Gasteiger partial charge in [0.25, 0.3) is 0 Å². The van der Waals surface area contributed by atoms with Crippen LogP contribution < -0.4 is 0 Å². The summed E-state index contributed by atoms with van der Waals surface area (Å²) in [6.45, 7) is 1.92. The molecule has 3 heteroatoms. The smallest absolute Gasteiger partial charge is 0.309 e. The number of hydrogen-bond acceptors (Lipinski definition) is 2. The predicted molar refractivity (Wildman–Crippen MR) is 47.2 cm³/mol. The average Bonchev–Trinajstić information content (AvgIpc) is 2.28. The molecular weight excluding hydrogens is 168 g/mol. The van der Waals surface area contributed by atoms with Crippen LogP contribution in [0.25, 0.3) is 0 Å². The summed E-state index contributed by atoms with van der Waals surface area (Å²) in [4.78, 5) is 10.9. The van der Waals surface area contributed by atoms with Gasteiger partial charge in [0, 0.05) is 5.92 Å². The molecule has 0 aromatic carbocycles. The van der Waals surface area contributed by atoms with Gasteiger partial charge in [-0.25, -0.2) is 0 Å².